The van der Waals surface area contributed by atoms with E-state index in [1.54, 1.807) is 0 Å². The molecule has 0 aromatic carbocycles. The summed E-state index contributed by atoms with van der Waals surface area (Å²) in [5.41, 5.74) is 10.9. The summed E-state index contributed by atoms with van der Waals surface area (Å²) in [7, 11) is 0. The van der Waals surface area contributed by atoms with Gasteiger partial charge in [0.1, 0.15) is 0 Å². The number of rotatable bonds is 3. The van der Waals surface area contributed by atoms with Gasteiger partial charge in [0.2, 0.25) is 5.95 Å². The first kappa shape index (κ1) is 8.75. The number of nitrogens with zero attached hydrogens (tertiary/aromatic N) is 3. The Kier molecular flexibility index (Phi) is 2.46. The van der Waals surface area contributed by atoms with Gasteiger partial charge >= 0.3 is 0 Å². The van der Waals surface area contributed by atoms with Crippen LogP contribution in [0.2, 0.25) is 0 Å². The smallest absolute Gasteiger partial charge is 0.240 e. The third-order valence-electron chi connectivity index (χ3n) is 1.52. The van der Waals surface area contributed by atoms with Gasteiger partial charge in [-0.25, -0.2) is 4.68 Å². The first-order valence-corrected chi connectivity index (χ1v) is 3.49. The van der Waals surface area contributed by atoms with E-state index in [1.165, 1.54) is 0 Å². The maximum Gasteiger partial charge on any atom is 0.240 e. The van der Waals surface area contributed by atoms with Gasteiger partial charge in [0.15, 0.2) is 5.82 Å². The summed E-state index contributed by atoms with van der Waals surface area (Å²) in [5.74, 6) is 5.92. The number of aliphatic hydroxyl groups excluding tert-OH is 1. The van der Waals surface area contributed by atoms with Crippen molar-refractivity contribution in [1.29, 1.82) is 0 Å². The van der Waals surface area contributed by atoms with E-state index in [1.807, 2.05) is 0 Å². The van der Waals surface area contributed by atoms with Gasteiger partial charge in [-0.05, 0) is 6.42 Å². The lowest BCUT2D eigenvalue weighted by atomic mass is 10.2. The summed E-state index contributed by atoms with van der Waals surface area (Å²) in [6, 6.07) is -0.426. The van der Waals surface area contributed by atoms with Gasteiger partial charge in [0.05, 0.1) is 6.04 Å². The molecule has 0 saturated heterocycles. The summed E-state index contributed by atoms with van der Waals surface area (Å²) in [5, 5.41) is 15.8. The Morgan fingerprint density at radius 1 is 1.50 bits per heavy atom. The highest BCUT2D eigenvalue weighted by molar-refractivity contribution is 5.18. The molecule has 12 heavy (non-hydrogen) atoms. The van der Waals surface area contributed by atoms with E-state index in [0.29, 0.717) is 12.2 Å². The van der Waals surface area contributed by atoms with Crippen molar-refractivity contribution >= 4 is 5.95 Å². The van der Waals surface area contributed by atoms with Gasteiger partial charge in [-0.15, -0.1) is 10.2 Å². The van der Waals surface area contributed by atoms with Crippen LogP contribution >= 0.6 is 0 Å². The lowest BCUT2D eigenvalue weighted by Crippen LogP contribution is -2.23. The number of anilines is 1. The molecule has 0 radical (unpaired) electrons. The molecule has 68 valence electrons. The number of nitrogens with two attached hydrogens (primary N) is 3. The van der Waals surface area contributed by atoms with Crippen molar-refractivity contribution in [2.75, 3.05) is 18.2 Å². The van der Waals surface area contributed by atoms with Gasteiger partial charge in [-0.2, -0.15) is 0 Å². The molecule has 0 bridgehead atoms. The summed E-state index contributed by atoms with van der Waals surface area (Å²) in [6.07, 6.45) is 0.384. The van der Waals surface area contributed by atoms with E-state index in [2.05, 4.69) is 10.2 Å². The highest BCUT2D eigenvalue weighted by Crippen LogP contribution is 2.10. The predicted molar refractivity (Wildman–Crippen MR) is 43.2 cm³/mol. The molecule has 1 heterocycles. The molecule has 1 rings (SSSR count). The van der Waals surface area contributed by atoms with Crippen molar-refractivity contribution in [3.05, 3.63) is 5.82 Å². The van der Waals surface area contributed by atoms with E-state index in [-0.39, 0.29) is 12.6 Å². The Morgan fingerprint density at radius 2 is 2.17 bits per heavy atom. The van der Waals surface area contributed by atoms with Crippen LogP contribution in [0.15, 0.2) is 0 Å². The van der Waals surface area contributed by atoms with Crippen LogP contribution in [0.25, 0.3) is 0 Å². The molecular weight excluding hydrogens is 160 g/mol. The summed E-state index contributed by atoms with van der Waals surface area (Å²) in [4.78, 5) is 0. The van der Waals surface area contributed by atoms with Crippen LogP contribution < -0.4 is 17.3 Å². The Morgan fingerprint density at radius 3 is 2.58 bits per heavy atom. The lowest BCUT2D eigenvalue weighted by molar-refractivity contribution is 0.274. The number of aromatic nitrogens is 3. The summed E-state index contributed by atoms with van der Waals surface area (Å²) in [6.45, 7) is -0.0199. The minimum atomic E-state index is -0.426. The number of aliphatic hydroxyl groups is 1. The lowest BCUT2D eigenvalue weighted by Gasteiger charge is -2.07. The fourth-order valence-electron chi connectivity index (χ4n) is 0.837. The normalized spacial score (nSPS) is 13.2. The minimum absolute atomic E-state index is 0.0199. The molecule has 0 spiro atoms. The minimum Gasteiger partial charge on any atom is -0.396 e. The molecule has 0 aliphatic carbocycles. The molecule has 1 atom stereocenters. The molecule has 7 N–H and O–H groups in total. The van der Waals surface area contributed by atoms with Crippen molar-refractivity contribution in [3.63, 3.8) is 0 Å². The van der Waals surface area contributed by atoms with Gasteiger partial charge in [0, 0.05) is 6.61 Å². The van der Waals surface area contributed by atoms with Crippen LogP contribution in [0.3, 0.4) is 0 Å². The van der Waals surface area contributed by atoms with Crippen molar-refractivity contribution < 1.29 is 5.11 Å². The molecule has 0 aliphatic heterocycles. The Bertz CT molecular complexity index is 258. The first-order chi connectivity index (χ1) is 5.66. The second-order valence-electron chi connectivity index (χ2n) is 2.41. The zero-order valence-electron chi connectivity index (χ0n) is 6.51. The van der Waals surface area contributed by atoms with Crippen LogP contribution in [0, 0.1) is 0 Å². The zero-order chi connectivity index (χ0) is 9.14. The Labute approximate surface area is 69.1 Å². The topological polar surface area (TPSA) is 129 Å². The summed E-state index contributed by atoms with van der Waals surface area (Å²) < 4.78 is 1.11. The van der Waals surface area contributed by atoms with Crippen LogP contribution in [0.4, 0.5) is 5.95 Å². The van der Waals surface area contributed by atoms with Crippen LogP contribution in [-0.4, -0.2) is 26.6 Å². The van der Waals surface area contributed by atoms with Crippen molar-refractivity contribution in [2.24, 2.45) is 5.73 Å². The predicted octanol–water partition coefficient (Wildman–Crippen LogP) is -2.04. The number of nitrogen functional groups attached to an aromatic ring is 2. The van der Waals surface area contributed by atoms with E-state index in [9.17, 15) is 0 Å². The average molecular weight is 172 g/mol. The SMILES string of the molecule is Nc1nnc(C(N)CCO)n1N. The zero-order valence-corrected chi connectivity index (χ0v) is 6.51. The van der Waals surface area contributed by atoms with Gasteiger partial charge in [0.25, 0.3) is 0 Å². The van der Waals surface area contributed by atoms with Crippen LogP contribution in [-0.2, 0) is 0 Å². The highest BCUT2D eigenvalue weighted by atomic mass is 16.3. The molecule has 0 aliphatic rings. The van der Waals surface area contributed by atoms with Crippen molar-refractivity contribution in [3.8, 4) is 0 Å². The molecule has 7 heteroatoms. The van der Waals surface area contributed by atoms with E-state index in [0.717, 1.165) is 4.68 Å². The third kappa shape index (κ3) is 1.46. The van der Waals surface area contributed by atoms with Crippen LogP contribution in [0.5, 0.6) is 0 Å². The quantitative estimate of drug-likeness (QED) is 0.388. The van der Waals surface area contributed by atoms with E-state index >= 15 is 0 Å². The molecule has 0 amide bonds. The third-order valence-corrected chi connectivity index (χ3v) is 1.52. The Balaban J connectivity index is 2.80. The fourth-order valence-corrected chi connectivity index (χ4v) is 0.837. The maximum absolute atomic E-state index is 8.59. The Hall–Kier alpha value is -1.34. The monoisotopic (exact) mass is 172 g/mol. The molecule has 1 unspecified atom stereocenters. The van der Waals surface area contributed by atoms with Crippen molar-refractivity contribution in [2.45, 2.75) is 12.5 Å². The molecule has 1 aromatic rings. The van der Waals surface area contributed by atoms with Gasteiger partial charge in [-0.3, -0.25) is 0 Å². The molecule has 0 saturated carbocycles. The summed E-state index contributed by atoms with van der Waals surface area (Å²) >= 11 is 0. The molecule has 7 nitrogen and oxygen atoms in total. The number of hydrogen-bond acceptors (Lipinski definition) is 6. The molecule has 0 fully saturated rings. The van der Waals surface area contributed by atoms with Crippen LogP contribution in [0.1, 0.15) is 18.3 Å². The average Bonchev–Trinajstić information content (AvgIpc) is 2.34. The highest BCUT2D eigenvalue weighted by Gasteiger charge is 2.13. The number of hydrogen-bond donors (Lipinski definition) is 4. The maximum atomic E-state index is 8.59. The standard InChI is InChI=1S/C5H12N6O/c6-3(1-2-12)4-9-10-5(7)11(4)8/h3,12H,1-2,6,8H2,(H2,7,10). The largest absolute Gasteiger partial charge is 0.396 e. The molecular formula is C5H12N6O. The van der Waals surface area contributed by atoms with Gasteiger partial charge in [-0.1, -0.05) is 0 Å². The second kappa shape index (κ2) is 3.37. The fraction of sp³-hybridized carbons (Fsp3) is 0.600. The van der Waals surface area contributed by atoms with E-state index < -0.39 is 6.04 Å². The molecule has 1 aromatic heterocycles. The first-order valence-electron chi connectivity index (χ1n) is 3.49. The second-order valence-corrected chi connectivity index (χ2v) is 2.41. The van der Waals surface area contributed by atoms with Gasteiger partial charge < -0.3 is 22.4 Å². The van der Waals surface area contributed by atoms with Crippen molar-refractivity contribution in [1.82, 2.24) is 14.9 Å². The van der Waals surface area contributed by atoms with E-state index in [4.69, 9.17) is 22.4 Å².